The number of para-hydroxylation sites is 2. The molecular formula is C19H11N3S3. The van der Waals surface area contributed by atoms with Gasteiger partial charge in [-0.3, -0.25) is 0 Å². The molecule has 0 spiro atoms. The number of thiophene rings is 1. The number of fused-ring (bicyclic) bond motifs is 2. The van der Waals surface area contributed by atoms with E-state index in [0.717, 1.165) is 36.5 Å². The monoisotopic (exact) mass is 377 g/mol. The Labute approximate surface area is 156 Å². The molecule has 0 saturated carbocycles. The van der Waals surface area contributed by atoms with Gasteiger partial charge < -0.3 is 0 Å². The maximum absolute atomic E-state index is 4.84. The highest BCUT2D eigenvalue weighted by molar-refractivity contribution is 8.01. The van der Waals surface area contributed by atoms with Crippen LogP contribution in [0.4, 0.5) is 0 Å². The zero-order valence-corrected chi connectivity index (χ0v) is 15.4. The Hall–Kier alpha value is -2.28. The van der Waals surface area contributed by atoms with Crippen LogP contribution < -0.4 is 0 Å². The van der Waals surface area contributed by atoms with Gasteiger partial charge in [-0.15, -0.1) is 22.7 Å². The molecule has 3 heterocycles. The fourth-order valence-electron chi connectivity index (χ4n) is 2.62. The minimum absolute atomic E-state index is 0.775. The molecule has 0 atom stereocenters. The van der Waals surface area contributed by atoms with E-state index < -0.39 is 0 Å². The average Bonchev–Trinajstić information content (AvgIpc) is 3.31. The van der Waals surface area contributed by atoms with Gasteiger partial charge >= 0.3 is 0 Å². The quantitative estimate of drug-likeness (QED) is 0.355. The van der Waals surface area contributed by atoms with E-state index in [1.807, 2.05) is 47.8 Å². The van der Waals surface area contributed by atoms with Crippen molar-refractivity contribution in [3.63, 3.8) is 0 Å². The number of hydrogen-bond acceptors (Lipinski definition) is 6. The summed E-state index contributed by atoms with van der Waals surface area (Å²) < 4.78 is 2.20. The van der Waals surface area contributed by atoms with Gasteiger partial charge in [0.1, 0.15) is 5.03 Å². The summed E-state index contributed by atoms with van der Waals surface area (Å²) in [5.74, 6) is 0.775. The van der Waals surface area contributed by atoms with Crippen molar-refractivity contribution in [1.82, 2.24) is 15.0 Å². The first-order valence-corrected chi connectivity index (χ1v) is 10.2. The lowest BCUT2D eigenvalue weighted by atomic mass is 10.2. The Morgan fingerprint density at radius 2 is 1.60 bits per heavy atom. The first kappa shape index (κ1) is 15.0. The molecule has 0 amide bonds. The summed E-state index contributed by atoms with van der Waals surface area (Å²) in [5, 5.41) is 4.06. The normalized spacial score (nSPS) is 11.4. The zero-order valence-electron chi connectivity index (χ0n) is 12.9. The predicted octanol–water partition coefficient (Wildman–Crippen LogP) is 6.12. The molecule has 0 unspecified atom stereocenters. The zero-order chi connectivity index (χ0) is 16.6. The van der Waals surface area contributed by atoms with Gasteiger partial charge in [-0.25, -0.2) is 15.0 Å². The second kappa shape index (κ2) is 6.22. The Morgan fingerprint density at radius 1 is 0.760 bits per heavy atom. The molecule has 5 aromatic rings. The van der Waals surface area contributed by atoms with E-state index in [0.29, 0.717) is 0 Å². The summed E-state index contributed by atoms with van der Waals surface area (Å²) in [6.07, 6.45) is 0. The van der Waals surface area contributed by atoms with Crippen LogP contribution in [0.5, 0.6) is 0 Å². The number of hydrogen-bond donors (Lipinski definition) is 0. The maximum atomic E-state index is 4.84. The van der Waals surface area contributed by atoms with E-state index in [-0.39, 0.29) is 0 Å². The Kier molecular flexibility index (Phi) is 3.73. The van der Waals surface area contributed by atoms with Crippen molar-refractivity contribution in [2.24, 2.45) is 0 Å². The van der Waals surface area contributed by atoms with E-state index >= 15 is 0 Å². The molecule has 0 fully saturated rings. The van der Waals surface area contributed by atoms with Crippen LogP contribution in [0.25, 0.3) is 31.8 Å². The molecule has 0 aliphatic heterocycles. The fraction of sp³-hybridized carbons (Fsp3) is 0. The SMILES string of the molecule is c1csc(-c2nc(Sc3nc4ccccc4s3)c3ccccc3n2)c1. The lowest BCUT2D eigenvalue weighted by molar-refractivity contribution is 1.11. The van der Waals surface area contributed by atoms with Gasteiger partial charge in [0.15, 0.2) is 10.2 Å². The summed E-state index contributed by atoms with van der Waals surface area (Å²) >= 11 is 4.97. The van der Waals surface area contributed by atoms with Crippen LogP contribution in [0.2, 0.25) is 0 Å². The summed E-state index contributed by atoms with van der Waals surface area (Å²) in [5.41, 5.74) is 2.00. The highest BCUT2D eigenvalue weighted by atomic mass is 32.2. The molecule has 0 saturated heterocycles. The maximum Gasteiger partial charge on any atom is 0.171 e. The van der Waals surface area contributed by atoms with Gasteiger partial charge in [-0.05, 0) is 41.4 Å². The number of benzene rings is 2. The Bertz CT molecular complexity index is 1150. The van der Waals surface area contributed by atoms with Crippen molar-refractivity contribution in [2.75, 3.05) is 0 Å². The van der Waals surface area contributed by atoms with E-state index in [4.69, 9.17) is 15.0 Å². The number of aromatic nitrogens is 3. The number of thiazole rings is 1. The lowest BCUT2D eigenvalue weighted by Gasteiger charge is -2.06. The van der Waals surface area contributed by atoms with Crippen molar-refractivity contribution >= 4 is 55.6 Å². The molecule has 6 heteroatoms. The summed E-state index contributed by atoms with van der Waals surface area (Å²) in [4.78, 5) is 15.4. The highest BCUT2D eigenvalue weighted by Gasteiger charge is 2.13. The highest BCUT2D eigenvalue weighted by Crippen LogP contribution is 2.37. The molecule has 0 aliphatic rings. The molecule has 0 aliphatic carbocycles. The van der Waals surface area contributed by atoms with Crippen LogP contribution in [0.15, 0.2) is 75.4 Å². The summed E-state index contributed by atoms with van der Waals surface area (Å²) in [7, 11) is 0. The summed E-state index contributed by atoms with van der Waals surface area (Å²) in [6, 6.07) is 20.4. The average molecular weight is 378 g/mol. The Balaban J connectivity index is 1.66. The van der Waals surface area contributed by atoms with E-state index in [1.54, 1.807) is 34.4 Å². The van der Waals surface area contributed by atoms with Crippen molar-refractivity contribution < 1.29 is 0 Å². The molecule has 120 valence electrons. The van der Waals surface area contributed by atoms with Crippen molar-refractivity contribution in [1.29, 1.82) is 0 Å². The van der Waals surface area contributed by atoms with Crippen molar-refractivity contribution in [3.05, 3.63) is 66.0 Å². The molecule has 0 N–H and O–H groups in total. The molecule has 0 radical (unpaired) electrons. The largest absolute Gasteiger partial charge is 0.229 e. The molecule has 0 bridgehead atoms. The van der Waals surface area contributed by atoms with E-state index in [2.05, 4.69) is 18.2 Å². The molecule has 3 nitrogen and oxygen atoms in total. The molecule has 5 rings (SSSR count). The van der Waals surface area contributed by atoms with Crippen LogP contribution >= 0.6 is 34.4 Å². The van der Waals surface area contributed by atoms with Gasteiger partial charge in [-0.2, -0.15) is 0 Å². The third kappa shape index (κ3) is 2.82. The summed E-state index contributed by atoms with van der Waals surface area (Å²) in [6.45, 7) is 0. The van der Waals surface area contributed by atoms with E-state index in [9.17, 15) is 0 Å². The standard InChI is InChI=1S/C19H11N3S3/c1-2-7-13-12(6-1)18(22-17(20-13)16-10-5-11-23-16)25-19-21-14-8-3-4-9-15(14)24-19/h1-11H. The topological polar surface area (TPSA) is 38.7 Å². The van der Waals surface area contributed by atoms with Crippen LogP contribution in [0.3, 0.4) is 0 Å². The minimum Gasteiger partial charge on any atom is -0.229 e. The number of rotatable bonds is 3. The van der Waals surface area contributed by atoms with Crippen LogP contribution in [-0.4, -0.2) is 15.0 Å². The Morgan fingerprint density at radius 3 is 2.44 bits per heavy atom. The molecule has 25 heavy (non-hydrogen) atoms. The molecular weight excluding hydrogens is 366 g/mol. The first-order valence-electron chi connectivity index (χ1n) is 7.71. The predicted molar refractivity (Wildman–Crippen MR) is 107 cm³/mol. The number of nitrogens with zero attached hydrogens (tertiary/aromatic N) is 3. The van der Waals surface area contributed by atoms with Gasteiger partial charge in [0.05, 0.1) is 20.6 Å². The van der Waals surface area contributed by atoms with Gasteiger partial charge in [-0.1, -0.05) is 36.4 Å². The third-order valence-corrected chi connectivity index (χ3v) is 6.74. The van der Waals surface area contributed by atoms with Crippen LogP contribution in [0, 0.1) is 0 Å². The fourth-order valence-corrected chi connectivity index (χ4v) is 5.37. The third-order valence-electron chi connectivity index (χ3n) is 3.77. The van der Waals surface area contributed by atoms with Crippen molar-refractivity contribution in [2.45, 2.75) is 9.37 Å². The van der Waals surface area contributed by atoms with Crippen LogP contribution in [0.1, 0.15) is 0 Å². The smallest absolute Gasteiger partial charge is 0.171 e. The molecule has 2 aromatic carbocycles. The van der Waals surface area contributed by atoms with Crippen molar-refractivity contribution in [3.8, 4) is 10.7 Å². The lowest BCUT2D eigenvalue weighted by Crippen LogP contribution is -1.92. The van der Waals surface area contributed by atoms with Gasteiger partial charge in [0.25, 0.3) is 0 Å². The minimum atomic E-state index is 0.775. The second-order valence-corrected chi connectivity index (χ2v) is 8.61. The first-order chi connectivity index (χ1) is 12.4. The van der Waals surface area contributed by atoms with Gasteiger partial charge in [0, 0.05) is 5.39 Å². The molecule has 3 aromatic heterocycles. The van der Waals surface area contributed by atoms with Gasteiger partial charge in [0.2, 0.25) is 0 Å². The van der Waals surface area contributed by atoms with E-state index in [1.165, 1.54) is 4.70 Å². The second-order valence-electron chi connectivity index (χ2n) is 5.40. The van der Waals surface area contributed by atoms with Crippen LogP contribution in [-0.2, 0) is 0 Å².